The van der Waals surface area contributed by atoms with Crippen molar-refractivity contribution in [3.63, 3.8) is 0 Å². The Labute approximate surface area is 112 Å². The van der Waals surface area contributed by atoms with Gasteiger partial charge in [0.25, 0.3) is 0 Å². The molecule has 0 aliphatic heterocycles. The minimum atomic E-state index is 0.631. The van der Waals surface area contributed by atoms with Gasteiger partial charge in [-0.3, -0.25) is 4.90 Å². The van der Waals surface area contributed by atoms with Crippen LogP contribution in [0.4, 0.5) is 0 Å². The first kappa shape index (κ1) is 15.2. The van der Waals surface area contributed by atoms with Gasteiger partial charge in [0.1, 0.15) is 0 Å². The molecular weight excluding hydrogens is 220 g/mol. The zero-order valence-corrected chi connectivity index (χ0v) is 12.2. The van der Waals surface area contributed by atoms with Crippen molar-refractivity contribution in [3.05, 3.63) is 35.4 Å². The van der Waals surface area contributed by atoms with E-state index in [2.05, 4.69) is 49.9 Å². The van der Waals surface area contributed by atoms with Crippen molar-refractivity contribution >= 4 is 0 Å². The van der Waals surface area contributed by atoms with Crippen LogP contribution in [0, 0.1) is 5.92 Å². The highest BCUT2D eigenvalue weighted by Gasteiger charge is 2.10. The summed E-state index contributed by atoms with van der Waals surface area (Å²) in [4.78, 5) is 2.54. The largest absolute Gasteiger partial charge is 0.326 e. The molecule has 0 aromatic heterocycles. The van der Waals surface area contributed by atoms with Gasteiger partial charge >= 0.3 is 0 Å². The normalized spacial score (nSPS) is 11.4. The van der Waals surface area contributed by atoms with Gasteiger partial charge in [-0.25, -0.2) is 0 Å². The van der Waals surface area contributed by atoms with Gasteiger partial charge in [-0.15, -0.1) is 0 Å². The molecule has 0 aliphatic carbocycles. The van der Waals surface area contributed by atoms with Crippen molar-refractivity contribution in [2.24, 2.45) is 11.7 Å². The quantitative estimate of drug-likeness (QED) is 0.764. The monoisotopic (exact) mass is 248 g/mol. The van der Waals surface area contributed by atoms with Crippen LogP contribution in [0.25, 0.3) is 0 Å². The second-order valence-corrected chi connectivity index (χ2v) is 5.03. The van der Waals surface area contributed by atoms with Crippen LogP contribution in [0.5, 0.6) is 0 Å². The molecule has 0 saturated carbocycles. The molecule has 102 valence electrons. The van der Waals surface area contributed by atoms with Crippen LogP contribution < -0.4 is 5.73 Å². The maximum atomic E-state index is 5.69. The van der Waals surface area contributed by atoms with Crippen molar-refractivity contribution in [3.8, 4) is 0 Å². The van der Waals surface area contributed by atoms with Gasteiger partial charge in [0.05, 0.1) is 0 Å². The van der Waals surface area contributed by atoms with Crippen molar-refractivity contribution in [2.75, 3.05) is 13.1 Å². The molecule has 18 heavy (non-hydrogen) atoms. The minimum absolute atomic E-state index is 0.631. The van der Waals surface area contributed by atoms with Gasteiger partial charge in [-0.2, -0.15) is 0 Å². The van der Waals surface area contributed by atoms with Crippen LogP contribution >= 0.6 is 0 Å². The summed E-state index contributed by atoms with van der Waals surface area (Å²) >= 11 is 0. The molecule has 0 atom stereocenters. The SMILES string of the molecule is CCC(CC)CN(CC)Cc1cccc(CN)c1. The molecule has 1 aromatic rings. The summed E-state index contributed by atoms with van der Waals surface area (Å²) < 4.78 is 0. The predicted octanol–water partition coefficient (Wildman–Crippen LogP) is 3.40. The fourth-order valence-corrected chi connectivity index (χ4v) is 2.33. The van der Waals surface area contributed by atoms with Gasteiger partial charge in [0, 0.05) is 19.6 Å². The molecule has 0 saturated heterocycles. The molecule has 2 heteroatoms. The Hall–Kier alpha value is -0.860. The molecule has 0 fully saturated rings. The van der Waals surface area contributed by atoms with Crippen molar-refractivity contribution < 1.29 is 0 Å². The molecular formula is C16H28N2. The fraction of sp³-hybridized carbons (Fsp3) is 0.625. The number of nitrogens with two attached hydrogens (primary N) is 1. The molecule has 0 spiro atoms. The summed E-state index contributed by atoms with van der Waals surface area (Å²) in [7, 11) is 0. The van der Waals surface area contributed by atoms with E-state index in [1.165, 1.54) is 30.5 Å². The van der Waals surface area contributed by atoms with Crippen molar-refractivity contribution in [2.45, 2.75) is 46.7 Å². The zero-order chi connectivity index (χ0) is 13.4. The average Bonchev–Trinajstić information content (AvgIpc) is 2.43. The summed E-state index contributed by atoms with van der Waals surface area (Å²) in [6, 6.07) is 8.65. The maximum Gasteiger partial charge on any atom is 0.0233 e. The topological polar surface area (TPSA) is 29.3 Å². The van der Waals surface area contributed by atoms with Crippen LogP contribution in [0.15, 0.2) is 24.3 Å². The summed E-state index contributed by atoms with van der Waals surface area (Å²) in [5, 5.41) is 0. The molecule has 2 nitrogen and oxygen atoms in total. The minimum Gasteiger partial charge on any atom is -0.326 e. The van der Waals surface area contributed by atoms with E-state index in [1.54, 1.807) is 0 Å². The van der Waals surface area contributed by atoms with E-state index in [9.17, 15) is 0 Å². The Morgan fingerprint density at radius 1 is 1.11 bits per heavy atom. The summed E-state index contributed by atoms with van der Waals surface area (Å²) in [6.07, 6.45) is 2.55. The standard InChI is InChI=1S/C16H28N2/c1-4-14(5-2)12-18(6-3)13-16-9-7-8-15(10-16)11-17/h7-10,14H,4-6,11-13,17H2,1-3H3. The lowest BCUT2D eigenvalue weighted by Crippen LogP contribution is -2.28. The van der Waals surface area contributed by atoms with Crippen LogP contribution in [-0.2, 0) is 13.1 Å². The van der Waals surface area contributed by atoms with Crippen molar-refractivity contribution in [1.29, 1.82) is 0 Å². The second kappa shape index (κ2) is 8.28. The van der Waals surface area contributed by atoms with E-state index in [0.29, 0.717) is 6.54 Å². The third-order valence-corrected chi connectivity index (χ3v) is 3.75. The summed E-state index contributed by atoms with van der Waals surface area (Å²) in [5.41, 5.74) is 8.30. The van der Waals surface area contributed by atoms with E-state index in [1.807, 2.05) is 0 Å². The van der Waals surface area contributed by atoms with E-state index < -0.39 is 0 Å². The van der Waals surface area contributed by atoms with Crippen LogP contribution in [-0.4, -0.2) is 18.0 Å². The first-order valence-corrected chi connectivity index (χ1v) is 7.23. The number of hydrogen-bond acceptors (Lipinski definition) is 2. The van der Waals surface area contributed by atoms with Crippen LogP contribution in [0.2, 0.25) is 0 Å². The van der Waals surface area contributed by atoms with Crippen LogP contribution in [0.3, 0.4) is 0 Å². The molecule has 0 unspecified atom stereocenters. The Morgan fingerprint density at radius 3 is 2.33 bits per heavy atom. The Kier molecular flexibility index (Phi) is 6.99. The van der Waals surface area contributed by atoms with E-state index in [-0.39, 0.29) is 0 Å². The molecule has 1 aromatic carbocycles. The predicted molar refractivity (Wildman–Crippen MR) is 79.4 cm³/mol. The first-order valence-electron chi connectivity index (χ1n) is 7.23. The van der Waals surface area contributed by atoms with E-state index in [0.717, 1.165) is 19.0 Å². The van der Waals surface area contributed by atoms with E-state index in [4.69, 9.17) is 5.73 Å². The van der Waals surface area contributed by atoms with Gasteiger partial charge in [-0.1, -0.05) is 57.9 Å². The highest BCUT2D eigenvalue weighted by atomic mass is 15.1. The molecule has 0 radical (unpaired) electrons. The van der Waals surface area contributed by atoms with Gasteiger partial charge in [0.2, 0.25) is 0 Å². The number of nitrogens with zero attached hydrogens (tertiary/aromatic N) is 1. The number of rotatable bonds is 8. The lowest BCUT2D eigenvalue weighted by Gasteiger charge is -2.25. The maximum absolute atomic E-state index is 5.69. The molecule has 0 amide bonds. The van der Waals surface area contributed by atoms with Gasteiger partial charge in [0.15, 0.2) is 0 Å². The highest BCUT2D eigenvalue weighted by Crippen LogP contribution is 2.13. The smallest absolute Gasteiger partial charge is 0.0233 e. The zero-order valence-electron chi connectivity index (χ0n) is 12.2. The Balaban J connectivity index is 2.61. The average molecular weight is 248 g/mol. The fourth-order valence-electron chi connectivity index (χ4n) is 2.33. The lowest BCUT2D eigenvalue weighted by atomic mass is 10.0. The molecule has 0 heterocycles. The number of benzene rings is 1. The molecule has 0 bridgehead atoms. The lowest BCUT2D eigenvalue weighted by molar-refractivity contribution is 0.226. The Morgan fingerprint density at radius 2 is 1.78 bits per heavy atom. The van der Waals surface area contributed by atoms with E-state index >= 15 is 0 Å². The summed E-state index contributed by atoms with van der Waals surface area (Å²) in [5.74, 6) is 0.822. The first-order chi connectivity index (χ1) is 8.73. The third kappa shape index (κ3) is 4.79. The molecule has 1 rings (SSSR count). The van der Waals surface area contributed by atoms with Crippen molar-refractivity contribution in [1.82, 2.24) is 4.90 Å². The second-order valence-electron chi connectivity index (χ2n) is 5.03. The van der Waals surface area contributed by atoms with Gasteiger partial charge in [-0.05, 0) is 23.6 Å². The molecule has 2 N–H and O–H groups in total. The number of hydrogen-bond donors (Lipinski definition) is 1. The highest BCUT2D eigenvalue weighted by molar-refractivity contribution is 5.23. The molecule has 0 aliphatic rings. The van der Waals surface area contributed by atoms with Gasteiger partial charge < -0.3 is 5.73 Å². The Bertz CT molecular complexity index is 332. The summed E-state index contributed by atoms with van der Waals surface area (Å²) in [6.45, 7) is 10.8. The third-order valence-electron chi connectivity index (χ3n) is 3.75. The van der Waals surface area contributed by atoms with Crippen LogP contribution in [0.1, 0.15) is 44.7 Å².